The highest BCUT2D eigenvalue weighted by molar-refractivity contribution is 8.18. The molecule has 0 saturated carbocycles. The van der Waals surface area contributed by atoms with Crippen LogP contribution in [0.1, 0.15) is 32.8 Å². The van der Waals surface area contributed by atoms with Gasteiger partial charge in [0.15, 0.2) is 0 Å². The van der Waals surface area contributed by atoms with E-state index >= 15 is 0 Å². The van der Waals surface area contributed by atoms with Crippen LogP contribution in [0.4, 0.5) is 0 Å². The van der Waals surface area contributed by atoms with Gasteiger partial charge in [-0.1, -0.05) is 31.5 Å². The Bertz CT molecular complexity index is 481. The molecule has 0 amide bonds. The minimum Gasteiger partial charge on any atom is -0.237 e. The van der Waals surface area contributed by atoms with Crippen LogP contribution in [0.5, 0.6) is 0 Å². The molecule has 1 fully saturated rings. The molecule has 1 heterocycles. The summed E-state index contributed by atoms with van der Waals surface area (Å²) in [7, 11) is -1.15. The van der Waals surface area contributed by atoms with Crippen molar-refractivity contribution in [2.45, 2.75) is 49.1 Å². The Balaban J connectivity index is 2.12. The first-order valence-electron chi connectivity index (χ1n) is 7.45. The Morgan fingerprint density at radius 1 is 1.19 bits per heavy atom. The molecule has 2 nitrogen and oxygen atoms in total. The molecule has 0 aromatic heterocycles. The maximum absolute atomic E-state index is 12.6. The zero-order valence-electron chi connectivity index (χ0n) is 13.2. The zero-order valence-corrected chi connectivity index (χ0v) is 15.7. The summed E-state index contributed by atoms with van der Waals surface area (Å²) in [6.07, 6.45) is 1.27. The molecule has 1 aromatic rings. The van der Waals surface area contributed by atoms with Gasteiger partial charge in [0.2, 0.25) is 0 Å². The third kappa shape index (κ3) is 4.50. The second kappa shape index (κ2) is 7.53. The molecule has 21 heavy (non-hydrogen) atoms. The summed E-state index contributed by atoms with van der Waals surface area (Å²) < 4.78 is 16.1. The van der Waals surface area contributed by atoms with E-state index in [0.29, 0.717) is 5.92 Å². The SMILES string of the molecule is Cc1ccc(S(=O)N[C@@H](C(C)C)C2(C)SCCCS2)cc1. The molecule has 0 spiro atoms. The number of benzene rings is 1. The lowest BCUT2D eigenvalue weighted by Gasteiger charge is -2.41. The quantitative estimate of drug-likeness (QED) is 0.868. The highest BCUT2D eigenvalue weighted by Gasteiger charge is 2.39. The van der Waals surface area contributed by atoms with E-state index in [4.69, 9.17) is 0 Å². The van der Waals surface area contributed by atoms with Crippen molar-refractivity contribution in [2.24, 2.45) is 5.92 Å². The van der Waals surface area contributed by atoms with Gasteiger partial charge < -0.3 is 0 Å². The van der Waals surface area contributed by atoms with E-state index in [1.165, 1.54) is 23.5 Å². The molecule has 0 aliphatic carbocycles. The molecule has 1 aliphatic rings. The largest absolute Gasteiger partial charge is 0.237 e. The standard InChI is InChI=1S/C16H25NOS3/c1-12(2)15(16(4)19-10-5-11-20-16)17-21(18)14-8-6-13(3)7-9-14/h6-9,12,15,17H,5,10-11H2,1-4H3/t15-,21?/m0/s1. The molecule has 1 N–H and O–H groups in total. The van der Waals surface area contributed by atoms with E-state index in [2.05, 4.69) is 25.5 Å². The molecule has 1 unspecified atom stereocenters. The Morgan fingerprint density at radius 2 is 1.76 bits per heavy atom. The number of thioether (sulfide) groups is 2. The van der Waals surface area contributed by atoms with Crippen molar-refractivity contribution >= 4 is 34.5 Å². The first-order valence-corrected chi connectivity index (χ1v) is 10.6. The lowest BCUT2D eigenvalue weighted by molar-refractivity contribution is 0.438. The second-order valence-corrected chi connectivity index (χ2v) is 10.6. The average Bonchev–Trinajstić information content (AvgIpc) is 2.45. The van der Waals surface area contributed by atoms with Crippen molar-refractivity contribution in [2.75, 3.05) is 11.5 Å². The van der Waals surface area contributed by atoms with Crippen LogP contribution in [-0.4, -0.2) is 25.8 Å². The molecule has 0 radical (unpaired) electrons. The summed E-state index contributed by atoms with van der Waals surface area (Å²) in [5, 5.41) is 0. The van der Waals surface area contributed by atoms with E-state index in [1.807, 2.05) is 54.7 Å². The number of aryl methyl sites for hydroxylation is 1. The van der Waals surface area contributed by atoms with Gasteiger partial charge in [0.1, 0.15) is 11.0 Å². The van der Waals surface area contributed by atoms with Crippen LogP contribution in [0.25, 0.3) is 0 Å². The van der Waals surface area contributed by atoms with Gasteiger partial charge in [0, 0.05) is 6.04 Å². The van der Waals surface area contributed by atoms with Crippen molar-refractivity contribution in [1.29, 1.82) is 0 Å². The Labute approximate surface area is 139 Å². The summed E-state index contributed by atoms with van der Waals surface area (Å²) in [4.78, 5) is 0.862. The van der Waals surface area contributed by atoms with Crippen molar-refractivity contribution < 1.29 is 4.21 Å². The average molecular weight is 344 g/mol. The van der Waals surface area contributed by atoms with Gasteiger partial charge in [-0.2, -0.15) is 0 Å². The van der Waals surface area contributed by atoms with Gasteiger partial charge in [-0.3, -0.25) is 0 Å². The third-order valence-electron chi connectivity index (χ3n) is 3.77. The normalized spacial score (nSPS) is 21.2. The van der Waals surface area contributed by atoms with Gasteiger partial charge in [-0.05, 0) is 49.8 Å². The smallest absolute Gasteiger partial charge is 0.125 e. The van der Waals surface area contributed by atoms with E-state index < -0.39 is 11.0 Å². The molecule has 118 valence electrons. The molecule has 1 aromatic carbocycles. The van der Waals surface area contributed by atoms with Crippen LogP contribution in [0, 0.1) is 12.8 Å². The fourth-order valence-electron chi connectivity index (χ4n) is 2.52. The molecule has 2 atom stereocenters. The van der Waals surface area contributed by atoms with Crippen LogP contribution in [0.15, 0.2) is 29.2 Å². The van der Waals surface area contributed by atoms with Gasteiger partial charge in [0.05, 0.1) is 8.97 Å². The highest BCUT2D eigenvalue weighted by Crippen LogP contribution is 2.46. The van der Waals surface area contributed by atoms with E-state index in [9.17, 15) is 4.21 Å². The molecule has 1 saturated heterocycles. The predicted octanol–water partition coefficient (Wildman–Crippen LogP) is 4.22. The van der Waals surface area contributed by atoms with Crippen molar-refractivity contribution in [3.05, 3.63) is 29.8 Å². The van der Waals surface area contributed by atoms with Crippen LogP contribution in [-0.2, 0) is 11.0 Å². The maximum atomic E-state index is 12.6. The molecule has 5 heteroatoms. The van der Waals surface area contributed by atoms with Gasteiger partial charge in [0.25, 0.3) is 0 Å². The summed E-state index contributed by atoms with van der Waals surface area (Å²) in [6, 6.07) is 8.18. The van der Waals surface area contributed by atoms with E-state index in [-0.39, 0.29) is 10.1 Å². The number of hydrogen-bond donors (Lipinski definition) is 1. The maximum Gasteiger partial charge on any atom is 0.125 e. The fraction of sp³-hybridized carbons (Fsp3) is 0.625. The molecule has 1 aliphatic heterocycles. The number of hydrogen-bond acceptors (Lipinski definition) is 3. The first-order chi connectivity index (χ1) is 9.92. The van der Waals surface area contributed by atoms with Crippen LogP contribution < -0.4 is 4.72 Å². The summed E-state index contributed by atoms with van der Waals surface area (Å²) in [5.74, 6) is 2.85. The zero-order chi connectivity index (χ0) is 15.5. The van der Waals surface area contributed by atoms with Gasteiger partial charge >= 0.3 is 0 Å². The topological polar surface area (TPSA) is 29.1 Å². The van der Waals surface area contributed by atoms with E-state index in [0.717, 1.165) is 4.90 Å². The van der Waals surface area contributed by atoms with Crippen LogP contribution in [0.3, 0.4) is 0 Å². The summed E-state index contributed by atoms with van der Waals surface area (Å²) in [5.41, 5.74) is 1.20. The minimum absolute atomic E-state index is 0.104. The van der Waals surface area contributed by atoms with Gasteiger partial charge in [-0.15, -0.1) is 23.5 Å². The minimum atomic E-state index is -1.15. The Morgan fingerprint density at radius 3 is 2.29 bits per heavy atom. The van der Waals surface area contributed by atoms with Crippen molar-refractivity contribution in [1.82, 2.24) is 4.72 Å². The lowest BCUT2D eigenvalue weighted by atomic mass is 10.0. The Kier molecular flexibility index (Phi) is 6.24. The van der Waals surface area contributed by atoms with Gasteiger partial charge in [-0.25, -0.2) is 8.93 Å². The monoisotopic (exact) mass is 343 g/mol. The molecule has 0 bridgehead atoms. The number of rotatable bonds is 5. The van der Waals surface area contributed by atoms with Crippen molar-refractivity contribution in [3.63, 3.8) is 0 Å². The highest BCUT2D eigenvalue weighted by atomic mass is 32.2. The molecular formula is C16H25NOS3. The van der Waals surface area contributed by atoms with Crippen LogP contribution in [0.2, 0.25) is 0 Å². The molecular weight excluding hydrogens is 318 g/mol. The molecule has 2 rings (SSSR count). The third-order valence-corrected chi connectivity index (χ3v) is 8.28. The Hall–Kier alpha value is 0.0300. The lowest BCUT2D eigenvalue weighted by Crippen LogP contribution is -2.49. The number of nitrogens with one attached hydrogen (secondary N) is 1. The second-order valence-electron chi connectivity index (χ2n) is 5.99. The summed E-state index contributed by atoms with van der Waals surface area (Å²) >= 11 is 4.02. The first kappa shape index (κ1) is 17.4. The van der Waals surface area contributed by atoms with Crippen molar-refractivity contribution in [3.8, 4) is 0 Å². The summed E-state index contributed by atoms with van der Waals surface area (Å²) in [6.45, 7) is 8.77. The fourth-order valence-corrected chi connectivity index (χ4v) is 7.36. The van der Waals surface area contributed by atoms with E-state index in [1.54, 1.807) is 0 Å². The predicted molar refractivity (Wildman–Crippen MR) is 97.3 cm³/mol. The van der Waals surface area contributed by atoms with Crippen LogP contribution >= 0.6 is 23.5 Å².